The molecular formula is C22H27F3N2O2. The van der Waals surface area contributed by atoms with E-state index in [2.05, 4.69) is 5.32 Å². The first-order chi connectivity index (χ1) is 13.8. The van der Waals surface area contributed by atoms with Crippen molar-refractivity contribution < 1.29 is 22.8 Å². The Labute approximate surface area is 168 Å². The van der Waals surface area contributed by atoms with Gasteiger partial charge >= 0.3 is 6.18 Å². The number of alkyl halides is 3. The van der Waals surface area contributed by atoms with Gasteiger partial charge in [-0.05, 0) is 61.1 Å². The van der Waals surface area contributed by atoms with Crippen LogP contribution in [0.5, 0.6) is 0 Å². The highest BCUT2D eigenvalue weighted by molar-refractivity contribution is 5.79. The molecule has 0 spiro atoms. The summed E-state index contributed by atoms with van der Waals surface area (Å²) in [6, 6.07) is 4.43. The van der Waals surface area contributed by atoms with E-state index in [1.54, 1.807) is 11.0 Å². The number of hydrogen-bond acceptors (Lipinski definition) is 2. The Balaban J connectivity index is 1.49. The quantitative estimate of drug-likeness (QED) is 0.763. The van der Waals surface area contributed by atoms with Gasteiger partial charge in [-0.3, -0.25) is 9.59 Å². The zero-order valence-electron chi connectivity index (χ0n) is 16.4. The fourth-order valence-corrected chi connectivity index (χ4v) is 5.40. The molecule has 0 aromatic heterocycles. The van der Waals surface area contributed by atoms with Crippen LogP contribution in [-0.2, 0) is 15.8 Å². The summed E-state index contributed by atoms with van der Waals surface area (Å²) in [6.07, 6.45) is 1.90. The van der Waals surface area contributed by atoms with E-state index in [0.717, 1.165) is 30.9 Å². The highest BCUT2D eigenvalue weighted by atomic mass is 19.4. The summed E-state index contributed by atoms with van der Waals surface area (Å²) in [7, 11) is 0. The lowest BCUT2D eigenvalue weighted by Gasteiger charge is -2.27. The van der Waals surface area contributed by atoms with Gasteiger partial charge in [-0.25, -0.2) is 0 Å². The minimum absolute atomic E-state index is 0.00988. The van der Waals surface area contributed by atoms with Gasteiger partial charge in [0.15, 0.2) is 0 Å². The van der Waals surface area contributed by atoms with Gasteiger partial charge in [0.2, 0.25) is 11.8 Å². The molecule has 4 atom stereocenters. The summed E-state index contributed by atoms with van der Waals surface area (Å²) in [5.74, 6) is 1.59. The summed E-state index contributed by atoms with van der Waals surface area (Å²) < 4.78 is 39.5. The van der Waals surface area contributed by atoms with Crippen molar-refractivity contribution >= 4 is 11.8 Å². The number of fused-ring (bicyclic) bond motifs is 2. The first-order valence-corrected chi connectivity index (χ1v) is 10.5. The summed E-state index contributed by atoms with van der Waals surface area (Å²) >= 11 is 0. The molecule has 3 fully saturated rings. The van der Waals surface area contributed by atoms with Crippen LogP contribution in [0.15, 0.2) is 24.3 Å². The maximum Gasteiger partial charge on any atom is 0.416 e. The molecule has 1 heterocycles. The lowest BCUT2D eigenvalue weighted by Crippen LogP contribution is -2.39. The van der Waals surface area contributed by atoms with Gasteiger partial charge in [-0.2, -0.15) is 13.2 Å². The number of hydrogen-bond donors (Lipinski definition) is 1. The highest BCUT2D eigenvalue weighted by Gasteiger charge is 2.40. The van der Waals surface area contributed by atoms with Crippen molar-refractivity contribution in [2.24, 2.45) is 17.8 Å². The van der Waals surface area contributed by atoms with E-state index in [9.17, 15) is 22.8 Å². The largest absolute Gasteiger partial charge is 0.416 e. The van der Waals surface area contributed by atoms with E-state index < -0.39 is 17.8 Å². The smallest absolute Gasteiger partial charge is 0.347 e. The third kappa shape index (κ3) is 4.59. The van der Waals surface area contributed by atoms with E-state index in [1.165, 1.54) is 25.3 Å². The monoisotopic (exact) mass is 408 g/mol. The second-order valence-electron chi connectivity index (χ2n) is 8.83. The van der Waals surface area contributed by atoms with Gasteiger partial charge in [-0.1, -0.05) is 18.6 Å². The lowest BCUT2D eigenvalue weighted by atomic mass is 9.86. The molecule has 4 nitrogen and oxygen atoms in total. The zero-order chi connectivity index (χ0) is 20.6. The van der Waals surface area contributed by atoms with Crippen molar-refractivity contribution in [2.45, 2.75) is 57.2 Å². The summed E-state index contributed by atoms with van der Waals surface area (Å²) in [5, 5.41) is 2.95. The Hall–Kier alpha value is -2.05. The topological polar surface area (TPSA) is 49.4 Å². The van der Waals surface area contributed by atoms with Crippen molar-refractivity contribution in [2.75, 3.05) is 13.1 Å². The molecule has 4 rings (SSSR count). The number of nitrogens with one attached hydrogen (secondary N) is 1. The average molecular weight is 408 g/mol. The van der Waals surface area contributed by atoms with Crippen LogP contribution in [0.3, 0.4) is 0 Å². The van der Waals surface area contributed by atoms with E-state index in [0.29, 0.717) is 36.8 Å². The maximum absolute atomic E-state index is 13.2. The zero-order valence-corrected chi connectivity index (χ0v) is 16.4. The first-order valence-electron chi connectivity index (χ1n) is 10.5. The molecule has 3 aliphatic rings. The molecular weight excluding hydrogens is 381 g/mol. The molecule has 0 radical (unpaired) electrons. The fourth-order valence-electron chi connectivity index (χ4n) is 5.40. The Morgan fingerprint density at radius 2 is 2.07 bits per heavy atom. The number of amides is 2. The van der Waals surface area contributed by atoms with Crippen LogP contribution in [0, 0.1) is 17.8 Å². The normalized spacial score (nSPS) is 27.5. The first kappa shape index (κ1) is 20.2. The number of carbonyl (C=O) groups is 2. The van der Waals surface area contributed by atoms with Crippen LogP contribution in [-0.4, -0.2) is 29.8 Å². The van der Waals surface area contributed by atoms with Crippen LogP contribution in [0.1, 0.15) is 62.1 Å². The third-order valence-electron chi connectivity index (χ3n) is 6.86. The van der Waals surface area contributed by atoms with E-state index in [-0.39, 0.29) is 18.4 Å². The van der Waals surface area contributed by atoms with E-state index in [1.807, 2.05) is 0 Å². The molecule has 158 valence electrons. The van der Waals surface area contributed by atoms with Crippen LogP contribution in [0.4, 0.5) is 13.2 Å². The van der Waals surface area contributed by atoms with Crippen molar-refractivity contribution in [3.8, 4) is 0 Å². The summed E-state index contributed by atoms with van der Waals surface area (Å²) in [4.78, 5) is 26.5. The molecule has 1 saturated heterocycles. The number of nitrogens with zero attached hydrogens (tertiary/aromatic N) is 1. The predicted molar refractivity (Wildman–Crippen MR) is 102 cm³/mol. The molecule has 2 saturated carbocycles. The molecule has 0 unspecified atom stereocenters. The molecule has 2 bridgehead atoms. The van der Waals surface area contributed by atoms with Crippen molar-refractivity contribution in [3.63, 3.8) is 0 Å². The Kier molecular flexibility index (Phi) is 5.58. The van der Waals surface area contributed by atoms with Gasteiger partial charge in [0.1, 0.15) is 0 Å². The van der Waals surface area contributed by atoms with Gasteiger partial charge in [0.05, 0.1) is 11.6 Å². The minimum atomic E-state index is -4.45. The molecule has 1 aromatic rings. The lowest BCUT2D eigenvalue weighted by molar-refractivity contribution is -0.137. The van der Waals surface area contributed by atoms with Crippen molar-refractivity contribution in [1.82, 2.24) is 10.2 Å². The Morgan fingerprint density at radius 1 is 1.24 bits per heavy atom. The maximum atomic E-state index is 13.2. The number of halogens is 3. The SMILES string of the molecule is O=C(C[C@H]1C[C@H]2CC[C@H]1C2)N[C@@H](CN1CCCC1=O)c1cccc(C(F)(F)F)c1. The van der Waals surface area contributed by atoms with Crippen LogP contribution >= 0.6 is 0 Å². The van der Waals surface area contributed by atoms with Crippen molar-refractivity contribution in [1.29, 1.82) is 0 Å². The fraction of sp³-hybridized carbons (Fsp3) is 0.636. The van der Waals surface area contributed by atoms with Crippen LogP contribution < -0.4 is 5.32 Å². The number of likely N-dealkylation sites (tertiary alicyclic amines) is 1. The Bertz CT molecular complexity index is 780. The summed E-state index contributed by atoms with van der Waals surface area (Å²) in [5.41, 5.74) is -0.351. The Morgan fingerprint density at radius 3 is 2.69 bits per heavy atom. The van der Waals surface area contributed by atoms with E-state index in [4.69, 9.17) is 0 Å². The average Bonchev–Trinajstić information content (AvgIpc) is 3.38. The standard InChI is InChI=1S/C22H27F3N2O2/c23-22(24,25)18-4-1-3-16(11-18)19(13-27-8-2-5-21(27)29)26-20(28)12-17-10-14-6-7-15(17)9-14/h1,3-4,11,14-15,17,19H,2,5-10,12-13H2,(H,26,28)/t14-,15-,17+,19-/m0/s1. The second kappa shape index (κ2) is 8.00. The highest BCUT2D eigenvalue weighted by Crippen LogP contribution is 2.49. The van der Waals surface area contributed by atoms with Crippen LogP contribution in [0.2, 0.25) is 0 Å². The number of benzene rings is 1. The molecule has 1 aromatic carbocycles. The van der Waals surface area contributed by atoms with Gasteiger partial charge in [-0.15, -0.1) is 0 Å². The molecule has 29 heavy (non-hydrogen) atoms. The van der Waals surface area contributed by atoms with Gasteiger partial charge < -0.3 is 10.2 Å². The third-order valence-corrected chi connectivity index (χ3v) is 6.86. The van der Waals surface area contributed by atoms with Gasteiger partial charge in [0.25, 0.3) is 0 Å². The predicted octanol–water partition coefficient (Wildman–Crippen LogP) is 4.31. The van der Waals surface area contributed by atoms with E-state index >= 15 is 0 Å². The molecule has 2 amide bonds. The molecule has 2 aliphatic carbocycles. The van der Waals surface area contributed by atoms with Crippen molar-refractivity contribution in [3.05, 3.63) is 35.4 Å². The molecule has 1 aliphatic heterocycles. The second-order valence-corrected chi connectivity index (χ2v) is 8.83. The molecule has 1 N–H and O–H groups in total. The minimum Gasteiger partial charge on any atom is -0.347 e. The van der Waals surface area contributed by atoms with Crippen LogP contribution in [0.25, 0.3) is 0 Å². The molecule has 7 heteroatoms. The van der Waals surface area contributed by atoms with Gasteiger partial charge in [0, 0.05) is 25.9 Å². The summed E-state index contributed by atoms with van der Waals surface area (Å²) in [6.45, 7) is 0.791. The number of rotatable bonds is 6. The number of carbonyl (C=O) groups excluding carboxylic acids is 2.